The number of carbonyl (C=O) groups is 4. The highest BCUT2D eigenvalue weighted by molar-refractivity contribution is 7.09. The van der Waals surface area contributed by atoms with Gasteiger partial charge in [0.2, 0.25) is 0 Å². The van der Waals surface area contributed by atoms with Crippen LogP contribution in [0.5, 0.6) is 0 Å². The molecule has 734 valence electrons. The average molecular weight is 2170 g/mol. The summed E-state index contributed by atoms with van der Waals surface area (Å²) in [4.78, 5) is 54.0. The quantitative estimate of drug-likeness (QED) is 0.0157. The van der Waals surface area contributed by atoms with Gasteiger partial charge in [0.25, 0.3) is 23.6 Å². The molecule has 1 unspecified atom stereocenters. The maximum Gasteiger partial charge on any atom is 0.271 e. The number of anilines is 1. The zero-order valence-electron chi connectivity index (χ0n) is 74.8. The predicted octanol–water partition coefficient (Wildman–Crippen LogP) is 24.6. The Morgan fingerprint density at radius 2 is 0.600 bits per heavy atom. The van der Waals surface area contributed by atoms with Crippen molar-refractivity contribution in [3.05, 3.63) is 311 Å². The molecule has 14 aromatic rings. The molecule has 140 heavy (non-hydrogen) atoms. The summed E-state index contributed by atoms with van der Waals surface area (Å²) in [5.74, 6) is -2.91. The van der Waals surface area contributed by atoms with Crippen LogP contribution in [0, 0.1) is 46.5 Å². The second-order valence-electron chi connectivity index (χ2n) is 33.9. The summed E-state index contributed by atoms with van der Waals surface area (Å²) in [6.07, 6.45) is 16.0. The SMILES string of the molecule is CC(NCc1snnc1C1CC1)c1c(F)cccc1Cl.C[C@@H](NCc1snnc1C1CC1)c1c(F)cccc1Cl.C[C@H](NCc1snnc1C1CC1)c1c(F)cccc1Cl.Fc1cccc(Cl)c1CNCc1snnc1C1CC1.O=C(NC(=O)c1c(F)cccc1Cl)c1snnc1C1CC1.O=C(NCCc1c(F)cccc1Cl)c1snnc1C1CC1.O=C(Nc1c(F)cccc1F)c1snnc1C1CC1. The number of carbonyl (C=O) groups excluding carboxylic acids is 4. The molecule has 7 N–H and O–H groups in total. The molecule has 21 rings (SSSR count). The third kappa shape index (κ3) is 28.6. The summed E-state index contributed by atoms with van der Waals surface area (Å²) in [6.45, 7) is 9.07. The first kappa shape index (κ1) is 105. The van der Waals surface area contributed by atoms with Crippen LogP contribution in [-0.2, 0) is 39.1 Å². The third-order valence-corrected chi connectivity index (χ3v) is 30.4. The van der Waals surface area contributed by atoms with E-state index in [1.165, 1.54) is 146 Å². The Balaban J connectivity index is 0.000000124. The van der Waals surface area contributed by atoms with E-state index in [-0.39, 0.29) is 75.5 Å². The van der Waals surface area contributed by atoms with Crippen molar-refractivity contribution in [2.24, 2.45) is 0 Å². The number of aromatic nitrogens is 14. The van der Waals surface area contributed by atoms with E-state index in [1.807, 2.05) is 20.8 Å². The van der Waals surface area contributed by atoms with Crippen molar-refractivity contribution in [3.63, 3.8) is 0 Å². The molecule has 46 heteroatoms. The molecule has 7 saturated carbocycles. The molecule has 3 atom stereocenters. The van der Waals surface area contributed by atoms with Gasteiger partial charge in [0.15, 0.2) is 0 Å². The molecule has 7 aromatic heterocycles. The van der Waals surface area contributed by atoms with Crippen LogP contribution in [0.15, 0.2) is 127 Å². The molecular weight excluding hydrogens is 2080 g/mol. The van der Waals surface area contributed by atoms with Crippen LogP contribution in [-0.4, -0.2) is 97.3 Å². The molecule has 7 heterocycles. The van der Waals surface area contributed by atoms with Crippen molar-refractivity contribution < 1.29 is 54.3 Å². The summed E-state index contributed by atoms with van der Waals surface area (Å²) >= 11 is 44.6. The number of benzene rings is 7. The van der Waals surface area contributed by atoms with Crippen LogP contribution in [0.3, 0.4) is 0 Å². The van der Waals surface area contributed by atoms with Crippen LogP contribution >= 0.6 is 150 Å². The van der Waals surface area contributed by atoms with Crippen molar-refractivity contribution >= 4 is 180 Å². The van der Waals surface area contributed by atoms with E-state index in [0.717, 1.165) is 139 Å². The first-order valence-corrected chi connectivity index (χ1v) is 52.5. The molecule has 0 saturated heterocycles. The Morgan fingerprint density at radius 3 is 0.950 bits per heavy atom. The van der Waals surface area contributed by atoms with Crippen LogP contribution < -0.4 is 37.2 Å². The van der Waals surface area contributed by atoms with E-state index < -0.39 is 40.9 Å². The highest BCUT2D eigenvalue weighted by Crippen LogP contribution is 2.48. The Labute approximate surface area is 858 Å². The first-order valence-electron chi connectivity index (χ1n) is 44.8. The van der Waals surface area contributed by atoms with Gasteiger partial charge in [-0.2, -0.15) is 0 Å². The van der Waals surface area contributed by atoms with Gasteiger partial charge >= 0.3 is 0 Å². The standard InChI is InChI=1S/C14H13ClFN3OS.3C14H15ClFN3S.C13H9ClFN3O2S.C13H13ClFN3S.C12H9F2N3OS/c15-10-2-1-3-11(16)9(10)6-7-17-14(20)13-12(8-4-5-8)18-19-21-13;3*1-8(13-10(15)3-2-4-11(13)16)17-7-12-14(9-5-6-9)18-19-20-12;14-7-2-1-3-8(15)9(7)12(19)16-13(20)11-10(6-4-5-6)17-18-21-11;14-10-2-1-3-11(15)9(10)6-16-7-12-13(8-4-5-8)17-18-19-12;13-7-2-1-3-8(14)10(7)15-12(18)11-9(6-4-5-6)16-17-19-11/h1-3,8H,4-7H2,(H,17,20);3*2-4,8-9,17H,5-7H2,1H3;1-3,6H,4-5H2,(H,16,19,20);1-3,8,16H,4-7H2;1-3,6H,4-5H2,(H,15,18)/t;2*8-;;;;/m.10..../s1. The van der Waals surface area contributed by atoms with Gasteiger partial charge in [-0.15, -0.1) is 35.7 Å². The summed E-state index contributed by atoms with van der Waals surface area (Å²) in [7, 11) is 0. The number of para-hydroxylation sites is 1. The van der Waals surface area contributed by atoms with Crippen molar-refractivity contribution in [2.45, 2.75) is 209 Å². The minimum absolute atomic E-state index is 0.0508. The second-order valence-corrected chi connectivity index (χ2v) is 41.9. The lowest BCUT2D eigenvalue weighted by molar-refractivity contribution is 0.0846. The molecule has 0 spiro atoms. The molecule has 25 nitrogen and oxygen atoms in total. The van der Waals surface area contributed by atoms with Crippen LogP contribution in [0.4, 0.5) is 40.8 Å². The number of nitrogens with zero attached hydrogens (tertiary/aromatic N) is 14. The fourth-order valence-electron chi connectivity index (χ4n) is 14.7. The minimum Gasteiger partial charge on any atom is -0.351 e. The molecule has 4 amide bonds. The smallest absolute Gasteiger partial charge is 0.271 e. The summed E-state index contributed by atoms with van der Waals surface area (Å²) < 4.78 is 137. The van der Waals surface area contributed by atoms with Crippen LogP contribution in [0.25, 0.3) is 0 Å². The van der Waals surface area contributed by atoms with Crippen molar-refractivity contribution in [1.82, 2.24) is 99.0 Å². The van der Waals surface area contributed by atoms with E-state index in [9.17, 15) is 54.3 Å². The Hall–Kier alpha value is -9.44. The monoisotopic (exact) mass is 2160 g/mol. The van der Waals surface area contributed by atoms with E-state index in [4.69, 9.17) is 69.6 Å². The van der Waals surface area contributed by atoms with Gasteiger partial charge in [-0.05, 0) is 283 Å². The summed E-state index contributed by atoms with van der Waals surface area (Å²) in [5.41, 5.74) is 8.12. The molecule has 7 aliphatic carbocycles. The van der Waals surface area contributed by atoms with Crippen molar-refractivity contribution in [3.8, 4) is 0 Å². The highest BCUT2D eigenvalue weighted by atomic mass is 35.5. The van der Waals surface area contributed by atoms with Gasteiger partial charge in [0.05, 0.1) is 70.0 Å². The van der Waals surface area contributed by atoms with Crippen molar-refractivity contribution in [1.29, 1.82) is 0 Å². The molecule has 0 bridgehead atoms. The maximum absolute atomic E-state index is 13.8. The van der Waals surface area contributed by atoms with E-state index >= 15 is 0 Å². The van der Waals surface area contributed by atoms with Gasteiger partial charge < -0.3 is 31.9 Å². The molecule has 7 aliphatic rings. The lowest BCUT2D eigenvalue weighted by Gasteiger charge is -2.16. The van der Waals surface area contributed by atoms with Crippen molar-refractivity contribution in [2.75, 3.05) is 11.9 Å². The van der Waals surface area contributed by atoms with Crippen LogP contribution in [0.2, 0.25) is 30.1 Å². The third-order valence-electron chi connectivity index (χ3n) is 23.2. The first-order chi connectivity index (χ1) is 67.7. The topological polar surface area (TPSA) is 333 Å². The predicted molar refractivity (Wildman–Crippen MR) is 530 cm³/mol. The van der Waals surface area contributed by atoms with E-state index in [1.54, 1.807) is 60.7 Å². The number of amides is 4. The molecule has 0 radical (unpaired) electrons. The molecule has 7 fully saturated rings. The Bertz CT molecular complexity index is 6250. The van der Waals surface area contributed by atoms with Gasteiger partial charge in [-0.3, -0.25) is 24.5 Å². The molecular formula is C94H89Cl6F8N21O4S7. The second kappa shape index (κ2) is 49.7. The Kier molecular flexibility index (Phi) is 37.2. The number of nitrogens with one attached hydrogen (secondary N) is 7. The Morgan fingerprint density at radius 1 is 0.314 bits per heavy atom. The number of hydrogen-bond donors (Lipinski definition) is 7. The fourth-order valence-corrected chi connectivity index (χ4v) is 21.1. The lowest BCUT2D eigenvalue weighted by Crippen LogP contribution is -2.31. The molecule has 7 aromatic carbocycles. The zero-order chi connectivity index (χ0) is 98.8. The summed E-state index contributed by atoms with van der Waals surface area (Å²) in [6, 6.07) is 30.4. The van der Waals surface area contributed by atoms with Gasteiger partial charge in [-0.1, -0.05) is 143 Å². The van der Waals surface area contributed by atoms with Gasteiger partial charge in [0, 0.05) is 152 Å². The number of halogens is 14. The maximum atomic E-state index is 13.8. The lowest BCUT2D eigenvalue weighted by atomic mass is 10.1. The molecule has 0 aliphatic heterocycles. The van der Waals surface area contributed by atoms with Crippen LogP contribution in [0.1, 0.15) is 297 Å². The van der Waals surface area contributed by atoms with E-state index in [2.05, 4.69) is 104 Å². The minimum atomic E-state index is -0.877. The summed E-state index contributed by atoms with van der Waals surface area (Å²) in [5, 5.41) is 51.0. The highest BCUT2D eigenvalue weighted by Gasteiger charge is 2.38. The number of hydrogen-bond acceptors (Lipinski definition) is 29. The van der Waals surface area contributed by atoms with Gasteiger partial charge in [0.1, 0.15) is 66.9 Å². The normalized spacial score (nSPS) is 15.2. The number of imide groups is 1. The largest absolute Gasteiger partial charge is 0.351 e. The number of rotatable bonds is 31. The van der Waals surface area contributed by atoms with E-state index in [0.29, 0.717) is 154 Å². The van der Waals surface area contributed by atoms with Gasteiger partial charge in [-0.25, -0.2) is 35.1 Å². The zero-order valence-corrected chi connectivity index (χ0v) is 85.0. The fraction of sp³-hybridized carbons (Fsp3) is 0.362. The average Bonchev–Trinajstić information content (AvgIpc) is 1.67.